The van der Waals surface area contributed by atoms with Crippen molar-refractivity contribution in [3.8, 4) is 5.75 Å². The Morgan fingerprint density at radius 3 is 2.77 bits per heavy atom. The molecule has 3 rings (SSSR count). The maximum absolute atomic E-state index is 6.59. The van der Waals surface area contributed by atoms with Crippen LogP contribution in [0.3, 0.4) is 0 Å². The molecule has 3 nitrogen and oxygen atoms in total. The number of rotatable bonds is 4. The quantitative estimate of drug-likeness (QED) is 0.597. The zero-order valence-electron chi connectivity index (χ0n) is 16.2. The Labute approximate surface area is 161 Å². The second kappa shape index (κ2) is 7.32. The highest BCUT2D eigenvalue weighted by Crippen LogP contribution is 2.44. The lowest BCUT2D eigenvalue weighted by Crippen LogP contribution is -2.45. The molecule has 1 unspecified atom stereocenters. The molecule has 2 aromatic rings. The van der Waals surface area contributed by atoms with Crippen LogP contribution in [0.25, 0.3) is 0 Å². The molecular formula is C22H27ClN2O. The average Bonchev–Trinajstić information content (AvgIpc) is 2.59. The van der Waals surface area contributed by atoms with Gasteiger partial charge in [-0.1, -0.05) is 30.7 Å². The van der Waals surface area contributed by atoms with Crippen molar-refractivity contribution in [1.29, 1.82) is 0 Å². The topological polar surface area (TPSA) is 24.8 Å². The van der Waals surface area contributed by atoms with Gasteiger partial charge in [-0.25, -0.2) is 0 Å². The molecule has 0 aliphatic carbocycles. The first-order chi connectivity index (χ1) is 12.3. The Bertz CT molecular complexity index is 829. The van der Waals surface area contributed by atoms with Gasteiger partial charge in [-0.15, -0.1) is 0 Å². The van der Waals surface area contributed by atoms with E-state index >= 15 is 0 Å². The minimum absolute atomic E-state index is 0.127. The Morgan fingerprint density at radius 1 is 1.31 bits per heavy atom. The van der Waals surface area contributed by atoms with Crippen LogP contribution in [0, 0.1) is 0 Å². The number of benzene rings is 2. The Balaban J connectivity index is 1.97. The summed E-state index contributed by atoms with van der Waals surface area (Å²) in [5, 5.41) is 0.721. The van der Waals surface area contributed by atoms with Gasteiger partial charge in [-0.3, -0.25) is 4.99 Å². The predicted molar refractivity (Wildman–Crippen MR) is 112 cm³/mol. The number of fused-ring (bicyclic) bond motifs is 1. The van der Waals surface area contributed by atoms with E-state index in [2.05, 4.69) is 49.8 Å². The largest absolute Gasteiger partial charge is 0.492 e. The summed E-state index contributed by atoms with van der Waals surface area (Å²) >= 11 is 6.59. The second-order valence-electron chi connectivity index (χ2n) is 7.57. The third kappa shape index (κ3) is 3.59. The van der Waals surface area contributed by atoms with Crippen molar-refractivity contribution in [2.45, 2.75) is 45.6 Å². The first kappa shape index (κ1) is 18.8. The summed E-state index contributed by atoms with van der Waals surface area (Å²) in [4.78, 5) is 6.96. The normalized spacial score (nSPS) is 18.8. The number of aliphatic imine (C=N–C) groups is 1. The van der Waals surface area contributed by atoms with Crippen molar-refractivity contribution in [1.82, 2.24) is 0 Å². The molecule has 1 aliphatic rings. The van der Waals surface area contributed by atoms with Gasteiger partial charge >= 0.3 is 0 Å². The first-order valence-electron chi connectivity index (χ1n) is 9.16. The van der Waals surface area contributed by atoms with E-state index in [-0.39, 0.29) is 5.54 Å². The summed E-state index contributed by atoms with van der Waals surface area (Å²) in [5.74, 6) is 1.27. The van der Waals surface area contributed by atoms with Gasteiger partial charge in [0.15, 0.2) is 0 Å². The van der Waals surface area contributed by atoms with Gasteiger partial charge < -0.3 is 9.64 Å². The minimum Gasteiger partial charge on any atom is -0.492 e. The summed E-state index contributed by atoms with van der Waals surface area (Å²) < 4.78 is 5.65. The molecule has 0 N–H and O–H groups in total. The van der Waals surface area contributed by atoms with Crippen molar-refractivity contribution in [2.24, 2.45) is 4.99 Å². The van der Waals surface area contributed by atoms with E-state index in [9.17, 15) is 0 Å². The standard InChI is InChI=1S/C22H27ClN2O/c1-6-26-21-10-8-7-9-19(21)24-14-16-11-17-15(2)13-22(3,4)25(5)20(17)12-18(16)23/h7-12,14-15H,6,13H2,1-5H3. The third-order valence-electron chi connectivity index (χ3n) is 5.26. The summed E-state index contributed by atoms with van der Waals surface area (Å²) in [6.45, 7) is 9.43. The van der Waals surface area contributed by atoms with Crippen molar-refractivity contribution >= 4 is 29.2 Å². The number of nitrogens with zero attached hydrogens (tertiary/aromatic N) is 2. The van der Waals surface area contributed by atoms with Gasteiger partial charge in [0.2, 0.25) is 0 Å². The van der Waals surface area contributed by atoms with Crippen molar-refractivity contribution in [2.75, 3.05) is 18.6 Å². The molecule has 0 amide bonds. The van der Waals surface area contributed by atoms with Gasteiger partial charge in [0, 0.05) is 30.1 Å². The van der Waals surface area contributed by atoms with E-state index in [4.69, 9.17) is 16.3 Å². The van der Waals surface area contributed by atoms with Gasteiger partial charge in [0.25, 0.3) is 0 Å². The molecule has 138 valence electrons. The Morgan fingerprint density at radius 2 is 2.04 bits per heavy atom. The maximum Gasteiger partial charge on any atom is 0.144 e. The lowest BCUT2D eigenvalue weighted by Gasteiger charge is -2.45. The second-order valence-corrected chi connectivity index (χ2v) is 7.98. The summed E-state index contributed by atoms with van der Waals surface area (Å²) in [5.41, 5.74) is 4.43. The zero-order valence-corrected chi connectivity index (χ0v) is 17.0. The number of ether oxygens (including phenoxy) is 1. The molecule has 1 aliphatic heterocycles. The Kier molecular flexibility index (Phi) is 5.29. The predicted octanol–water partition coefficient (Wildman–Crippen LogP) is 6.21. The summed E-state index contributed by atoms with van der Waals surface area (Å²) in [7, 11) is 2.15. The van der Waals surface area contributed by atoms with E-state index in [0.29, 0.717) is 12.5 Å². The van der Waals surface area contributed by atoms with E-state index in [1.165, 1.54) is 11.3 Å². The van der Waals surface area contributed by atoms with Crippen LogP contribution in [0.2, 0.25) is 5.02 Å². The van der Waals surface area contributed by atoms with Gasteiger partial charge in [-0.05, 0) is 62.9 Å². The highest BCUT2D eigenvalue weighted by Gasteiger charge is 2.34. The highest BCUT2D eigenvalue weighted by molar-refractivity contribution is 6.33. The zero-order chi connectivity index (χ0) is 18.9. The van der Waals surface area contributed by atoms with E-state index < -0.39 is 0 Å². The molecular weight excluding hydrogens is 344 g/mol. The SMILES string of the molecule is CCOc1ccccc1N=Cc1cc2c(cc1Cl)N(C)C(C)(C)CC2C. The lowest BCUT2D eigenvalue weighted by atomic mass is 9.80. The number of para-hydroxylation sites is 2. The molecule has 0 bridgehead atoms. The molecule has 1 heterocycles. The fourth-order valence-electron chi connectivity index (χ4n) is 3.68. The van der Waals surface area contributed by atoms with Crippen LogP contribution in [-0.4, -0.2) is 25.4 Å². The van der Waals surface area contributed by atoms with Crippen molar-refractivity contribution in [3.05, 3.63) is 52.5 Å². The van der Waals surface area contributed by atoms with Crippen LogP contribution in [0.4, 0.5) is 11.4 Å². The molecule has 1 atom stereocenters. The number of halogens is 1. The summed E-state index contributed by atoms with van der Waals surface area (Å²) in [6, 6.07) is 12.1. The van der Waals surface area contributed by atoms with Crippen LogP contribution in [0.15, 0.2) is 41.4 Å². The molecule has 0 aromatic heterocycles. The molecule has 0 radical (unpaired) electrons. The van der Waals surface area contributed by atoms with Gasteiger partial charge in [0.05, 0.1) is 11.6 Å². The molecule has 2 aromatic carbocycles. The number of anilines is 1. The fraction of sp³-hybridized carbons (Fsp3) is 0.409. The third-order valence-corrected chi connectivity index (χ3v) is 5.59. The van der Waals surface area contributed by atoms with Crippen LogP contribution in [0.5, 0.6) is 5.75 Å². The molecule has 26 heavy (non-hydrogen) atoms. The molecule has 0 saturated carbocycles. The molecule has 4 heteroatoms. The van der Waals surface area contributed by atoms with Crippen molar-refractivity contribution in [3.63, 3.8) is 0 Å². The summed E-state index contributed by atoms with van der Waals surface area (Å²) in [6.07, 6.45) is 2.95. The van der Waals surface area contributed by atoms with Crippen LogP contribution < -0.4 is 9.64 Å². The van der Waals surface area contributed by atoms with E-state index in [1.807, 2.05) is 37.4 Å². The number of hydrogen-bond donors (Lipinski definition) is 0. The lowest BCUT2D eigenvalue weighted by molar-refractivity contribution is 0.341. The molecule has 0 saturated heterocycles. The molecule has 0 fully saturated rings. The highest BCUT2D eigenvalue weighted by atomic mass is 35.5. The van der Waals surface area contributed by atoms with Crippen LogP contribution in [-0.2, 0) is 0 Å². The monoisotopic (exact) mass is 370 g/mol. The van der Waals surface area contributed by atoms with Crippen molar-refractivity contribution < 1.29 is 4.74 Å². The molecule has 0 spiro atoms. The van der Waals surface area contributed by atoms with Crippen LogP contribution >= 0.6 is 11.6 Å². The first-order valence-corrected chi connectivity index (χ1v) is 9.54. The van der Waals surface area contributed by atoms with Gasteiger partial charge in [0.1, 0.15) is 11.4 Å². The minimum atomic E-state index is 0.127. The average molecular weight is 371 g/mol. The van der Waals surface area contributed by atoms with Gasteiger partial charge in [-0.2, -0.15) is 0 Å². The fourth-order valence-corrected chi connectivity index (χ4v) is 3.89. The smallest absolute Gasteiger partial charge is 0.144 e. The number of hydrogen-bond acceptors (Lipinski definition) is 3. The van der Waals surface area contributed by atoms with E-state index in [1.54, 1.807) is 0 Å². The van der Waals surface area contributed by atoms with Crippen LogP contribution in [0.1, 0.15) is 51.2 Å². The Hall–Kier alpha value is -2.00. The van der Waals surface area contributed by atoms with E-state index in [0.717, 1.165) is 28.4 Å². The maximum atomic E-state index is 6.59.